The lowest BCUT2D eigenvalue weighted by atomic mass is 9.93. The number of benzene rings is 1. The van der Waals surface area contributed by atoms with Gasteiger partial charge >= 0.3 is 0 Å². The van der Waals surface area contributed by atoms with Crippen LogP contribution in [0.15, 0.2) is 36.7 Å². The zero-order chi connectivity index (χ0) is 28.1. The summed E-state index contributed by atoms with van der Waals surface area (Å²) in [5.74, 6) is -2.30. The largest absolute Gasteiger partial charge is 0.395 e. The molecule has 1 spiro atoms. The van der Waals surface area contributed by atoms with E-state index in [4.69, 9.17) is 5.14 Å². The quantitative estimate of drug-likeness (QED) is 0.435. The number of nitrogens with zero attached hydrogens (tertiary/aromatic N) is 7. The van der Waals surface area contributed by atoms with Crippen molar-refractivity contribution in [2.45, 2.75) is 49.7 Å². The number of aliphatic hydroxyl groups is 1. The molecule has 214 valence electrons. The van der Waals surface area contributed by atoms with Crippen molar-refractivity contribution in [3.63, 3.8) is 0 Å². The van der Waals surface area contributed by atoms with Gasteiger partial charge in [0.25, 0.3) is 5.92 Å². The van der Waals surface area contributed by atoms with Gasteiger partial charge in [0.05, 0.1) is 29.9 Å². The van der Waals surface area contributed by atoms with E-state index in [9.17, 15) is 22.3 Å². The van der Waals surface area contributed by atoms with Gasteiger partial charge in [0.2, 0.25) is 16.0 Å². The van der Waals surface area contributed by atoms with Crippen LogP contribution < -0.4 is 14.9 Å². The van der Waals surface area contributed by atoms with E-state index in [1.54, 1.807) is 46.2 Å². The van der Waals surface area contributed by atoms with Crippen molar-refractivity contribution in [1.82, 2.24) is 25.0 Å². The van der Waals surface area contributed by atoms with Crippen molar-refractivity contribution in [3.8, 4) is 17.1 Å². The van der Waals surface area contributed by atoms with Gasteiger partial charge in [-0.2, -0.15) is 0 Å². The van der Waals surface area contributed by atoms with Crippen molar-refractivity contribution in [1.29, 1.82) is 0 Å². The molecule has 1 saturated carbocycles. The lowest BCUT2D eigenvalue weighted by molar-refractivity contribution is -0.0222. The second-order valence-electron chi connectivity index (χ2n) is 11.1. The molecule has 1 unspecified atom stereocenters. The lowest BCUT2D eigenvalue weighted by Crippen LogP contribution is -2.40. The van der Waals surface area contributed by atoms with E-state index in [1.165, 1.54) is 12.8 Å². The van der Waals surface area contributed by atoms with Gasteiger partial charge in [-0.15, -0.1) is 5.10 Å². The molecule has 1 aromatic carbocycles. The van der Waals surface area contributed by atoms with Gasteiger partial charge < -0.3 is 14.9 Å². The van der Waals surface area contributed by atoms with Crippen LogP contribution in [0, 0.1) is 5.41 Å². The summed E-state index contributed by atoms with van der Waals surface area (Å²) in [6.45, 7) is 1.36. The van der Waals surface area contributed by atoms with Gasteiger partial charge in [0, 0.05) is 45.2 Å². The molecule has 40 heavy (non-hydrogen) atoms. The third-order valence-electron chi connectivity index (χ3n) is 8.48. The molecule has 3 fully saturated rings. The minimum absolute atomic E-state index is 0.170. The van der Waals surface area contributed by atoms with Crippen LogP contribution in [0.2, 0.25) is 0 Å². The molecule has 0 bridgehead atoms. The van der Waals surface area contributed by atoms with Gasteiger partial charge in [0.1, 0.15) is 10.9 Å². The number of rotatable bonds is 7. The van der Waals surface area contributed by atoms with Crippen LogP contribution in [-0.2, 0) is 10.0 Å². The smallest absolute Gasteiger partial charge is 0.251 e. The topological polar surface area (TPSA) is 143 Å². The number of alkyl halides is 2. The number of aliphatic hydroxyl groups excluding tert-OH is 1. The number of hydrogen-bond acceptors (Lipinski definition) is 9. The maximum absolute atomic E-state index is 13.6. The summed E-state index contributed by atoms with van der Waals surface area (Å²) < 4.78 is 53.2. The fraction of sp³-hybridized carbons (Fsp3) is 0.538. The van der Waals surface area contributed by atoms with Crippen LogP contribution in [-0.4, -0.2) is 77.2 Å². The van der Waals surface area contributed by atoms with Gasteiger partial charge in [-0.05, 0) is 54.9 Å². The average molecular weight is 575 g/mol. The van der Waals surface area contributed by atoms with E-state index in [1.807, 2.05) is 0 Å². The van der Waals surface area contributed by atoms with Crippen LogP contribution >= 0.6 is 0 Å². The van der Waals surface area contributed by atoms with E-state index in [2.05, 4.69) is 25.2 Å². The van der Waals surface area contributed by atoms with Crippen molar-refractivity contribution >= 4 is 21.7 Å². The zero-order valence-corrected chi connectivity index (χ0v) is 22.8. The van der Waals surface area contributed by atoms with E-state index in [0.717, 1.165) is 31.6 Å². The van der Waals surface area contributed by atoms with Crippen LogP contribution in [0.25, 0.3) is 17.1 Å². The molecule has 14 heteroatoms. The third-order valence-corrected chi connectivity index (χ3v) is 9.69. The van der Waals surface area contributed by atoms with Gasteiger partial charge in [-0.1, -0.05) is 11.3 Å². The Labute approximate surface area is 231 Å². The van der Waals surface area contributed by atoms with Crippen LogP contribution in [0.4, 0.5) is 20.4 Å². The zero-order valence-electron chi connectivity index (χ0n) is 22.0. The molecule has 6 rings (SSSR count). The summed E-state index contributed by atoms with van der Waals surface area (Å²) in [6.07, 6.45) is 7.44. The Bertz CT molecular complexity index is 1490. The fourth-order valence-corrected chi connectivity index (χ4v) is 6.40. The Balaban J connectivity index is 1.31. The highest BCUT2D eigenvalue weighted by Crippen LogP contribution is 2.54. The number of sulfonamides is 1. The highest BCUT2D eigenvalue weighted by molar-refractivity contribution is 7.89. The molecule has 1 atom stereocenters. The molecular formula is C26H32F2N8O3S. The molecule has 3 aliphatic rings. The van der Waals surface area contributed by atoms with Crippen molar-refractivity contribution in [2.75, 3.05) is 42.6 Å². The van der Waals surface area contributed by atoms with Crippen molar-refractivity contribution < 1.29 is 22.3 Å². The minimum atomic E-state index is -4.02. The Morgan fingerprint density at radius 2 is 1.65 bits per heavy atom. The first-order valence-electron chi connectivity index (χ1n) is 13.5. The number of halogens is 2. The average Bonchev–Trinajstić information content (AvgIpc) is 3.49. The highest BCUT2D eigenvalue weighted by atomic mass is 32.2. The van der Waals surface area contributed by atoms with Gasteiger partial charge in [-0.25, -0.2) is 37.0 Å². The van der Waals surface area contributed by atoms with Gasteiger partial charge in [-0.3, -0.25) is 0 Å². The Kier molecular flexibility index (Phi) is 6.74. The number of nitrogens with two attached hydrogens (primary N) is 1. The first kappa shape index (κ1) is 27.0. The van der Waals surface area contributed by atoms with E-state index < -0.39 is 27.8 Å². The summed E-state index contributed by atoms with van der Waals surface area (Å²) in [4.78, 5) is 12.8. The number of piperidine rings is 2. The predicted molar refractivity (Wildman–Crippen MR) is 145 cm³/mol. The highest BCUT2D eigenvalue weighted by Gasteiger charge is 2.44. The molecule has 11 nitrogen and oxygen atoms in total. The molecule has 4 heterocycles. The second kappa shape index (κ2) is 10.00. The number of anilines is 2. The Hall–Kier alpha value is -3.23. The molecule has 2 aliphatic heterocycles. The molecule has 3 N–H and O–H groups in total. The molecular weight excluding hydrogens is 542 g/mol. The minimum Gasteiger partial charge on any atom is -0.395 e. The SMILES string of the molecule is NS(=O)(=O)C(CO)c1ccc(-n2cc(-c3ccnc(N4CCC(F)(F)CC4)n3)nn2)c(N2CCC3(CC2)CC3)c1. The molecule has 0 amide bonds. The fourth-order valence-electron chi connectivity index (χ4n) is 5.66. The molecule has 3 aromatic rings. The molecule has 2 aromatic heterocycles. The summed E-state index contributed by atoms with van der Waals surface area (Å²) in [5, 5.41) is 22.6. The van der Waals surface area contributed by atoms with Crippen molar-refractivity contribution in [2.24, 2.45) is 10.6 Å². The van der Waals surface area contributed by atoms with E-state index >= 15 is 0 Å². The lowest BCUT2D eigenvalue weighted by Gasteiger charge is -2.35. The summed E-state index contributed by atoms with van der Waals surface area (Å²) in [5.41, 5.74) is 3.32. The van der Waals surface area contributed by atoms with Crippen LogP contribution in [0.1, 0.15) is 49.3 Å². The molecule has 0 radical (unpaired) electrons. The monoisotopic (exact) mass is 574 g/mol. The summed E-state index contributed by atoms with van der Waals surface area (Å²) in [7, 11) is -4.02. The standard InChI is InChI=1S/C26H32F2N8O3S/c27-26(28)8-13-35(14-9-26)24-30-10-3-19(31-24)20-16-36(33-32-20)21-2-1-18(23(17-37)40(29,38)39)15-22(21)34-11-6-25(4-5-25)7-12-34/h1-3,10,15-16,23,37H,4-9,11-14,17H2,(H2,29,38,39). The van der Waals surface area contributed by atoms with Crippen molar-refractivity contribution in [3.05, 3.63) is 42.2 Å². The summed E-state index contributed by atoms with van der Waals surface area (Å²) in [6, 6.07) is 6.85. The van der Waals surface area contributed by atoms with E-state index in [0.29, 0.717) is 34.0 Å². The molecule has 2 saturated heterocycles. The summed E-state index contributed by atoms with van der Waals surface area (Å²) >= 11 is 0. The third kappa shape index (κ3) is 5.39. The Morgan fingerprint density at radius 3 is 2.30 bits per heavy atom. The van der Waals surface area contributed by atoms with E-state index in [-0.39, 0.29) is 25.9 Å². The van der Waals surface area contributed by atoms with Crippen LogP contribution in [0.3, 0.4) is 0 Å². The number of hydrogen-bond donors (Lipinski definition) is 2. The normalized spacial score (nSPS) is 21.0. The first-order valence-corrected chi connectivity index (χ1v) is 15.1. The first-order chi connectivity index (χ1) is 19.1. The maximum Gasteiger partial charge on any atom is 0.251 e. The van der Waals surface area contributed by atoms with Gasteiger partial charge in [0.15, 0.2) is 0 Å². The molecule has 1 aliphatic carbocycles. The predicted octanol–water partition coefficient (Wildman–Crippen LogP) is 2.66. The number of aromatic nitrogens is 5. The maximum atomic E-state index is 13.6. The second-order valence-corrected chi connectivity index (χ2v) is 12.9. The van der Waals surface area contributed by atoms with Crippen LogP contribution in [0.5, 0.6) is 0 Å². The Morgan fingerprint density at radius 1 is 0.950 bits per heavy atom. The number of primary sulfonamides is 1.